The lowest BCUT2D eigenvalue weighted by atomic mass is 9.91. The van der Waals surface area contributed by atoms with Crippen LogP contribution in [0.25, 0.3) is 11.3 Å². The standard InChI is InChI=1S/C23H34N6O2/c1-23(2,3)15-20(31)28-12-6-7-19(28)21-17(16-25-29(21)13-14-30)18-8-9-24-22(26-18)27-10-4-5-11-27/h8-9,16,19,30H,4-7,10-15H2,1-3H3/t19-/m0/s1. The molecule has 0 aromatic carbocycles. The lowest BCUT2D eigenvalue weighted by Crippen LogP contribution is -2.34. The topological polar surface area (TPSA) is 87.4 Å². The summed E-state index contributed by atoms with van der Waals surface area (Å²) in [5.74, 6) is 0.932. The molecular weight excluding hydrogens is 392 g/mol. The number of hydrogen-bond donors (Lipinski definition) is 1. The highest BCUT2D eigenvalue weighted by atomic mass is 16.3. The van der Waals surface area contributed by atoms with Gasteiger partial charge in [-0.1, -0.05) is 20.8 Å². The van der Waals surface area contributed by atoms with E-state index < -0.39 is 0 Å². The monoisotopic (exact) mass is 426 g/mol. The van der Waals surface area contributed by atoms with Crippen LogP contribution in [-0.2, 0) is 11.3 Å². The number of aromatic nitrogens is 4. The normalized spacial score (nSPS) is 19.4. The number of amides is 1. The highest BCUT2D eigenvalue weighted by Crippen LogP contribution is 2.39. The number of carbonyl (C=O) groups is 1. The van der Waals surface area contributed by atoms with Crippen LogP contribution < -0.4 is 4.90 Å². The summed E-state index contributed by atoms with van der Waals surface area (Å²) >= 11 is 0. The van der Waals surface area contributed by atoms with Crippen molar-refractivity contribution in [1.29, 1.82) is 0 Å². The fourth-order valence-electron chi connectivity index (χ4n) is 4.69. The Morgan fingerprint density at radius 3 is 2.68 bits per heavy atom. The van der Waals surface area contributed by atoms with Gasteiger partial charge in [0.15, 0.2) is 0 Å². The lowest BCUT2D eigenvalue weighted by Gasteiger charge is -2.29. The van der Waals surface area contributed by atoms with Crippen LogP contribution in [0.1, 0.15) is 64.6 Å². The van der Waals surface area contributed by atoms with Crippen molar-refractivity contribution >= 4 is 11.9 Å². The molecule has 0 bridgehead atoms. The fraction of sp³-hybridized carbons (Fsp3) is 0.652. The van der Waals surface area contributed by atoms with Crippen LogP contribution in [-0.4, -0.2) is 61.9 Å². The lowest BCUT2D eigenvalue weighted by molar-refractivity contribution is -0.134. The molecule has 0 spiro atoms. The highest BCUT2D eigenvalue weighted by molar-refractivity contribution is 5.78. The van der Waals surface area contributed by atoms with E-state index in [0.717, 1.165) is 55.4 Å². The first-order valence-electron chi connectivity index (χ1n) is 11.4. The van der Waals surface area contributed by atoms with E-state index in [0.29, 0.717) is 13.0 Å². The van der Waals surface area contributed by atoms with E-state index in [9.17, 15) is 9.90 Å². The number of nitrogens with zero attached hydrogens (tertiary/aromatic N) is 6. The Balaban J connectivity index is 1.70. The Kier molecular flexibility index (Phi) is 6.27. The van der Waals surface area contributed by atoms with E-state index in [1.54, 1.807) is 6.20 Å². The first-order chi connectivity index (χ1) is 14.9. The molecule has 2 aromatic heterocycles. The van der Waals surface area contributed by atoms with Gasteiger partial charge in [-0.05, 0) is 37.2 Å². The number of anilines is 1. The van der Waals surface area contributed by atoms with E-state index in [4.69, 9.17) is 4.98 Å². The number of aliphatic hydroxyl groups excluding tert-OH is 1. The van der Waals surface area contributed by atoms with Gasteiger partial charge in [0.25, 0.3) is 0 Å². The van der Waals surface area contributed by atoms with Gasteiger partial charge in [-0.25, -0.2) is 9.97 Å². The zero-order valence-electron chi connectivity index (χ0n) is 18.9. The Hall–Kier alpha value is -2.48. The number of rotatable bonds is 6. The van der Waals surface area contributed by atoms with E-state index in [2.05, 4.69) is 35.8 Å². The SMILES string of the molecule is CC(C)(C)CC(=O)N1CCC[C@H]1c1c(-c2ccnc(N3CCCC3)n2)cnn1CCO. The van der Waals surface area contributed by atoms with Crippen LogP contribution in [0.3, 0.4) is 0 Å². The van der Waals surface area contributed by atoms with Crippen molar-refractivity contribution in [1.82, 2.24) is 24.6 Å². The third-order valence-electron chi connectivity index (χ3n) is 6.07. The third-order valence-corrected chi connectivity index (χ3v) is 6.07. The summed E-state index contributed by atoms with van der Waals surface area (Å²) in [5, 5.41) is 14.2. The zero-order valence-corrected chi connectivity index (χ0v) is 18.9. The molecule has 8 nitrogen and oxygen atoms in total. The maximum atomic E-state index is 13.1. The van der Waals surface area contributed by atoms with Crippen LogP contribution in [0.2, 0.25) is 0 Å². The number of likely N-dealkylation sites (tertiary alicyclic amines) is 1. The van der Waals surface area contributed by atoms with E-state index in [1.165, 1.54) is 12.8 Å². The summed E-state index contributed by atoms with van der Waals surface area (Å²) in [6, 6.07) is 1.86. The summed E-state index contributed by atoms with van der Waals surface area (Å²) < 4.78 is 1.85. The van der Waals surface area contributed by atoms with Crippen molar-refractivity contribution in [2.75, 3.05) is 31.1 Å². The predicted molar refractivity (Wildman–Crippen MR) is 120 cm³/mol. The van der Waals surface area contributed by atoms with Gasteiger partial charge in [0, 0.05) is 37.8 Å². The minimum absolute atomic E-state index is 0.000418. The van der Waals surface area contributed by atoms with Crippen molar-refractivity contribution < 1.29 is 9.90 Å². The van der Waals surface area contributed by atoms with Crippen molar-refractivity contribution in [3.05, 3.63) is 24.2 Å². The molecule has 0 saturated carbocycles. The molecule has 1 N–H and O–H groups in total. The molecule has 2 aliphatic heterocycles. The molecule has 2 aromatic rings. The van der Waals surface area contributed by atoms with Crippen LogP contribution >= 0.6 is 0 Å². The maximum absolute atomic E-state index is 13.1. The number of aliphatic hydroxyl groups is 1. The van der Waals surface area contributed by atoms with E-state index >= 15 is 0 Å². The molecule has 0 radical (unpaired) electrons. The first kappa shape index (κ1) is 21.7. The second kappa shape index (κ2) is 8.94. The van der Waals surface area contributed by atoms with Gasteiger partial charge < -0.3 is 14.9 Å². The van der Waals surface area contributed by atoms with Crippen molar-refractivity contribution in [3.63, 3.8) is 0 Å². The second-order valence-electron chi connectivity index (χ2n) is 9.81. The largest absolute Gasteiger partial charge is 0.394 e. The molecule has 31 heavy (non-hydrogen) atoms. The molecule has 0 unspecified atom stereocenters. The Morgan fingerprint density at radius 1 is 1.19 bits per heavy atom. The van der Waals surface area contributed by atoms with Gasteiger partial charge in [0.2, 0.25) is 11.9 Å². The van der Waals surface area contributed by atoms with Crippen LogP contribution in [0.15, 0.2) is 18.5 Å². The summed E-state index contributed by atoms with van der Waals surface area (Å²) in [6.07, 6.45) is 8.34. The van der Waals surface area contributed by atoms with Crippen molar-refractivity contribution in [2.45, 2.75) is 65.5 Å². The van der Waals surface area contributed by atoms with Gasteiger partial charge >= 0.3 is 0 Å². The molecular formula is C23H34N6O2. The van der Waals surface area contributed by atoms with Gasteiger partial charge in [-0.15, -0.1) is 0 Å². The van der Waals surface area contributed by atoms with E-state index in [1.807, 2.05) is 21.8 Å². The fourth-order valence-corrected chi connectivity index (χ4v) is 4.69. The molecule has 1 amide bonds. The summed E-state index contributed by atoms with van der Waals surface area (Å²) in [4.78, 5) is 26.7. The van der Waals surface area contributed by atoms with Gasteiger partial charge in [0.05, 0.1) is 36.8 Å². The minimum Gasteiger partial charge on any atom is -0.394 e. The molecule has 2 aliphatic rings. The van der Waals surface area contributed by atoms with E-state index in [-0.39, 0.29) is 24.0 Å². The smallest absolute Gasteiger partial charge is 0.225 e. The number of hydrogen-bond acceptors (Lipinski definition) is 6. The molecule has 0 aliphatic carbocycles. The van der Waals surface area contributed by atoms with Gasteiger partial charge in [-0.2, -0.15) is 5.10 Å². The number of carbonyl (C=O) groups excluding carboxylic acids is 1. The molecule has 2 saturated heterocycles. The molecule has 1 atom stereocenters. The average Bonchev–Trinajstić information content (AvgIpc) is 3.47. The van der Waals surface area contributed by atoms with Crippen molar-refractivity contribution in [2.24, 2.45) is 5.41 Å². The predicted octanol–water partition coefficient (Wildman–Crippen LogP) is 3.03. The van der Waals surface area contributed by atoms with Crippen LogP contribution in [0.4, 0.5) is 5.95 Å². The molecule has 4 heterocycles. The average molecular weight is 427 g/mol. The summed E-state index contributed by atoms with van der Waals surface area (Å²) in [6.45, 7) is 9.41. The third kappa shape index (κ3) is 4.74. The Morgan fingerprint density at radius 2 is 1.97 bits per heavy atom. The zero-order chi connectivity index (χ0) is 22.0. The quantitative estimate of drug-likeness (QED) is 0.764. The summed E-state index contributed by atoms with van der Waals surface area (Å²) in [7, 11) is 0. The summed E-state index contributed by atoms with van der Waals surface area (Å²) in [5.41, 5.74) is 2.67. The van der Waals surface area contributed by atoms with Gasteiger partial charge in [0.1, 0.15) is 0 Å². The molecule has 8 heteroatoms. The second-order valence-corrected chi connectivity index (χ2v) is 9.81. The first-order valence-corrected chi connectivity index (χ1v) is 11.4. The molecule has 168 valence electrons. The Labute approximate surface area is 184 Å². The Bertz CT molecular complexity index is 913. The molecule has 2 fully saturated rings. The maximum Gasteiger partial charge on any atom is 0.225 e. The van der Waals surface area contributed by atoms with Gasteiger partial charge in [-0.3, -0.25) is 9.48 Å². The van der Waals surface area contributed by atoms with Crippen molar-refractivity contribution in [3.8, 4) is 11.3 Å². The minimum atomic E-state index is -0.0598. The van der Waals surface area contributed by atoms with Crippen LogP contribution in [0.5, 0.6) is 0 Å². The highest BCUT2D eigenvalue weighted by Gasteiger charge is 2.35. The van der Waals surface area contributed by atoms with Crippen LogP contribution in [0, 0.1) is 5.41 Å². The molecule has 4 rings (SSSR count).